The number of ether oxygens (including phenoxy) is 1. The zero-order chi connectivity index (χ0) is 15.6. The third-order valence-corrected chi connectivity index (χ3v) is 3.54. The van der Waals surface area contributed by atoms with Gasteiger partial charge in [0.2, 0.25) is 0 Å². The molecule has 0 spiro atoms. The molecular formula is C16H21N3OS. The van der Waals surface area contributed by atoms with Gasteiger partial charge in [-0.3, -0.25) is 4.68 Å². The van der Waals surface area contributed by atoms with Crippen LogP contribution in [0.5, 0.6) is 5.75 Å². The van der Waals surface area contributed by atoms with E-state index in [1.54, 1.807) is 0 Å². The van der Waals surface area contributed by atoms with E-state index in [9.17, 15) is 0 Å². The number of aromatic nitrogens is 2. The standard InChI is InChI=1S/C16H21N3OS/c1-10(2)19-6-5-14(18-19)9-20-15-11(3)7-13(16(17)21)8-12(15)4/h5-8,10H,9H2,1-4H3,(H2,17,21). The third-order valence-electron chi connectivity index (χ3n) is 3.30. The van der Waals surface area contributed by atoms with E-state index in [0.29, 0.717) is 17.6 Å². The third kappa shape index (κ3) is 3.61. The SMILES string of the molecule is Cc1cc(C(N)=S)cc(C)c1OCc1ccn(C(C)C)n1. The fraction of sp³-hybridized carbons (Fsp3) is 0.375. The van der Waals surface area contributed by atoms with Crippen molar-refractivity contribution in [3.05, 3.63) is 46.8 Å². The molecule has 2 aromatic rings. The summed E-state index contributed by atoms with van der Waals surface area (Å²) in [7, 11) is 0. The van der Waals surface area contributed by atoms with Crippen molar-refractivity contribution in [2.45, 2.75) is 40.3 Å². The minimum atomic E-state index is 0.354. The van der Waals surface area contributed by atoms with Crippen LogP contribution in [0.2, 0.25) is 0 Å². The van der Waals surface area contributed by atoms with Gasteiger partial charge >= 0.3 is 0 Å². The zero-order valence-electron chi connectivity index (χ0n) is 12.9. The maximum absolute atomic E-state index is 5.92. The fourth-order valence-electron chi connectivity index (χ4n) is 2.21. The molecule has 2 N–H and O–H groups in total. The van der Waals surface area contributed by atoms with Gasteiger partial charge in [-0.05, 0) is 57.0 Å². The van der Waals surface area contributed by atoms with Crippen molar-refractivity contribution in [2.75, 3.05) is 0 Å². The van der Waals surface area contributed by atoms with Crippen LogP contribution in [-0.2, 0) is 6.61 Å². The number of hydrogen-bond acceptors (Lipinski definition) is 3. The van der Waals surface area contributed by atoms with Gasteiger partial charge in [-0.1, -0.05) is 12.2 Å². The van der Waals surface area contributed by atoms with Crippen molar-refractivity contribution >= 4 is 17.2 Å². The number of nitrogens with zero attached hydrogens (tertiary/aromatic N) is 2. The first kappa shape index (κ1) is 15.5. The first-order valence-corrected chi connectivity index (χ1v) is 7.37. The van der Waals surface area contributed by atoms with Gasteiger partial charge in [0.05, 0.1) is 5.69 Å². The van der Waals surface area contributed by atoms with Crippen molar-refractivity contribution in [3.8, 4) is 5.75 Å². The molecule has 21 heavy (non-hydrogen) atoms. The maximum Gasteiger partial charge on any atom is 0.132 e. The topological polar surface area (TPSA) is 53.1 Å². The summed E-state index contributed by atoms with van der Waals surface area (Å²) in [5, 5.41) is 4.48. The highest BCUT2D eigenvalue weighted by Gasteiger charge is 2.09. The smallest absolute Gasteiger partial charge is 0.132 e. The van der Waals surface area contributed by atoms with Crippen LogP contribution in [0.15, 0.2) is 24.4 Å². The van der Waals surface area contributed by atoms with Crippen LogP contribution in [0.4, 0.5) is 0 Å². The largest absolute Gasteiger partial charge is 0.487 e. The van der Waals surface area contributed by atoms with Crippen molar-refractivity contribution in [1.82, 2.24) is 9.78 Å². The second-order valence-corrected chi connectivity index (χ2v) is 5.91. The molecule has 0 aliphatic carbocycles. The summed E-state index contributed by atoms with van der Waals surface area (Å²) in [4.78, 5) is 0.406. The molecule has 1 heterocycles. The van der Waals surface area contributed by atoms with Gasteiger partial charge in [-0.15, -0.1) is 0 Å². The molecule has 0 saturated heterocycles. The lowest BCUT2D eigenvalue weighted by atomic mass is 10.1. The molecule has 0 aliphatic heterocycles. The van der Waals surface area contributed by atoms with Crippen LogP contribution < -0.4 is 10.5 Å². The van der Waals surface area contributed by atoms with Gasteiger partial charge < -0.3 is 10.5 Å². The van der Waals surface area contributed by atoms with E-state index in [1.165, 1.54) is 0 Å². The van der Waals surface area contributed by atoms with Crippen molar-refractivity contribution in [2.24, 2.45) is 5.73 Å². The second-order valence-electron chi connectivity index (χ2n) is 5.47. The molecular weight excluding hydrogens is 282 g/mol. The molecule has 5 heteroatoms. The summed E-state index contributed by atoms with van der Waals surface area (Å²) in [5.74, 6) is 0.870. The van der Waals surface area contributed by atoms with Gasteiger partial charge in [-0.25, -0.2) is 0 Å². The van der Waals surface area contributed by atoms with E-state index < -0.39 is 0 Å². The Balaban J connectivity index is 2.14. The lowest BCUT2D eigenvalue weighted by molar-refractivity contribution is 0.294. The Morgan fingerprint density at radius 3 is 2.43 bits per heavy atom. The molecule has 0 amide bonds. The van der Waals surface area contributed by atoms with Crippen molar-refractivity contribution < 1.29 is 4.74 Å². The molecule has 0 saturated carbocycles. The monoisotopic (exact) mass is 303 g/mol. The van der Waals surface area contributed by atoms with Crippen LogP contribution >= 0.6 is 12.2 Å². The summed E-state index contributed by atoms with van der Waals surface area (Å²) in [6.07, 6.45) is 1.97. The predicted octanol–water partition coefficient (Wildman–Crippen LogP) is 3.29. The summed E-state index contributed by atoms with van der Waals surface area (Å²) in [6.45, 7) is 8.64. The highest BCUT2D eigenvalue weighted by Crippen LogP contribution is 2.25. The Kier molecular flexibility index (Phi) is 4.63. The second kappa shape index (κ2) is 6.26. The molecule has 2 rings (SSSR count). The Morgan fingerprint density at radius 1 is 1.33 bits per heavy atom. The Morgan fingerprint density at radius 2 is 1.95 bits per heavy atom. The highest BCUT2D eigenvalue weighted by atomic mass is 32.1. The van der Waals surface area contributed by atoms with Crippen LogP contribution in [-0.4, -0.2) is 14.8 Å². The normalized spacial score (nSPS) is 10.9. The van der Waals surface area contributed by atoms with Crippen molar-refractivity contribution in [1.29, 1.82) is 0 Å². The van der Waals surface area contributed by atoms with E-state index >= 15 is 0 Å². The maximum atomic E-state index is 5.92. The average molecular weight is 303 g/mol. The number of benzene rings is 1. The number of rotatable bonds is 5. The predicted molar refractivity (Wildman–Crippen MR) is 88.7 cm³/mol. The van der Waals surface area contributed by atoms with Crippen LogP contribution in [0.25, 0.3) is 0 Å². The molecule has 112 valence electrons. The number of thiocarbonyl (C=S) groups is 1. The molecule has 0 atom stereocenters. The molecule has 0 radical (unpaired) electrons. The average Bonchev–Trinajstić information content (AvgIpc) is 2.86. The fourth-order valence-corrected chi connectivity index (χ4v) is 2.33. The molecule has 1 aromatic heterocycles. The van der Waals surface area contributed by atoms with Gasteiger partial charge in [0, 0.05) is 17.8 Å². The molecule has 4 nitrogen and oxygen atoms in total. The Hall–Kier alpha value is -1.88. The summed E-state index contributed by atoms with van der Waals surface area (Å²) >= 11 is 5.02. The molecule has 0 unspecified atom stereocenters. The zero-order valence-corrected chi connectivity index (χ0v) is 13.7. The van der Waals surface area contributed by atoms with E-state index in [0.717, 1.165) is 28.1 Å². The van der Waals surface area contributed by atoms with Gasteiger partial charge in [0.15, 0.2) is 0 Å². The highest BCUT2D eigenvalue weighted by molar-refractivity contribution is 7.80. The minimum absolute atomic E-state index is 0.354. The van der Waals surface area contributed by atoms with Gasteiger partial charge in [-0.2, -0.15) is 5.10 Å². The Labute approximate surface area is 130 Å². The molecule has 0 bridgehead atoms. The van der Waals surface area contributed by atoms with Crippen LogP contribution in [0.3, 0.4) is 0 Å². The van der Waals surface area contributed by atoms with Crippen LogP contribution in [0, 0.1) is 13.8 Å². The number of aryl methyl sites for hydroxylation is 2. The lowest BCUT2D eigenvalue weighted by Gasteiger charge is -2.13. The quantitative estimate of drug-likeness (QED) is 0.861. The minimum Gasteiger partial charge on any atom is -0.487 e. The first-order chi connectivity index (χ1) is 9.88. The molecule has 1 aromatic carbocycles. The molecule has 0 aliphatic rings. The number of nitrogens with two attached hydrogens (primary N) is 1. The first-order valence-electron chi connectivity index (χ1n) is 6.96. The van der Waals surface area contributed by atoms with Gasteiger partial charge in [0.1, 0.15) is 17.3 Å². The summed E-state index contributed by atoms with van der Waals surface area (Å²) < 4.78 is 7.85. The van der Waals surface area contributed by atoms with Gasteiger partial charge in [0.25, 0.3) is 0 Å². The van der Waals surface area contributed by atoms with E-state index in [1.807, 2.05) is 42.9 Å². The van der Waals surface area contributed by atoms with Crippen LogP contribution in [0.1, 0.15) is 42.3 Å². The van der Waals surface area contributed by atoms with E-state index in [2.05, 4.69) is 18.9 Å². The van der Waals surface area contributed by atoms with Crippen molar-refractivity contribution in [3.63, 3.8) is 0 Å². The molecule has 0 fully saturated rings. The van der Waals surface area contributed by atoms with E-state index in [4.69, 9.17) is 22.7 Å². The summed E-state index contributed by atoms with van der Waals surface area (Å²) in [6, 6.07) is 6.25. The van der Waals surface area contributed by atoms with E-state index in [-0.39, 0.29) is 0 Å². The Bertz CT molecular complexity index is 638. The lowest BCUT2D eigenvalue weighted by Crippen LogP contribution is -2.10. The number of hydrogen-bond donors (Lipinski definition) is 1. The summed E-state index contributed by atoms with van der Waals surface area (Å²) in [5.41, 5.74) is 9.52.